The van der Waals surface area contributed by atoms with Crippen molar-refractivity contribution in [3.63, 3.8) is 0 Å². The Labute approximate surface area is 290 Å². The number of nitrogens with zero attached hydrogens (tertiary/aromatic N) is 1. The summed E-state index contributed by atoms with van der Waals surface area (Å²) in [5, 5.41) is 9.56. The van der Waals surface area contributed by atoms with E-state index >= 15 is 0 Å². The number of benzene rings is 9. The molecule has 0 saturated heterocycles. The van der Waals surface area contributed by atoms with Crippen LogP contribution in [0.15, 0.2) is 192 Å². The molecule has 0 aliphatic heterocycles. The molecule has 0 unspecified atom stereocenters. The van der Waals surface area contributed by atoms with Crippen LogP contribution in [0.25, 0.3) is 76.5 Å². The van der Waals surface area contributed by atoms with Gasteiger partial charge in [0.05, 0.1) is 5.69 Å². The van der Waals surface area contributed by atoms with Crippen LogP contribution in [0.4, 0.5) is 17.1 Å². The Morgan fingerprint density at radius 1 is 0.320 bits per heavy atom. The maximum Gasteiger partial charge on any atom is 0.136 e. The minimum Gasteiger partial charge on any atom is -0.456 e. The Bertz CT molecular complexity index is 2870. The summed E-state index contributed by atoms with van der Waals surface area (Å²) >= 11 is 0. The van der Waals surface area contributed by atoms with Crippen molar-refractivity contribution in [1.82, 2.24) is 0 Å². The molecule has 0 radical (unpaired) electrons. The van der Waals surface area contributed by atoms with E-state index < -0.39 is 0 Å². The van der Waals surface area contributed by atoms with Crippen LogP contribution in [-0.2, 0) is 0 Å². The van der Waals surface area contributed by atoms with Gasteiger partial charge in [-0.25, -0.2) is 0 Å². The number of hydrogen-bond donors (Lipinski definition) is 0. The first-order valence-electron chi connectivity index (χ1n) is 17.1. The van der Waals surface area contributed by atoms with Crippen molar-refractivity contribution in [2.24, 2.45) is 0 Å². The molecule has 0 aliphatic rings. The third-order valence-corrected chi connectivity index (χ3v) is 10.00. The third kappa shape index (κ3) is 4.73. The van der Waals surface area contributed by atoms with Crippen molar-refractivity contribution in [3.8, 4) is 22.3 Å². The minimum atomic E-state index is 0.915. The molecule has 0 N–H and O–H groups in total. The van der Waals surface area contributed by atoms with E-state index in [1.54, 1.807) is 0 Å². The van der Waals surface area contributed by atoms with Gasteiger partial charge in [-0.1, -0.05) is 127 Å². The zero-order chi connectivity index (χ0) is 33.0. The molecule has 9 aromatic carbocycles. The Kier molecular flexibility index (Phi) is 6.53. The second-order valence-corrected chi connectivity index (χ2v) is 13.0. The zero-order valence-electron chi connectivity index (χ0n) is 27.3. The van der Waals surface area contributed by atoms with Crippen LogP contribution in [-0.4, -0.2) is 0 Å². The topological polar surface area (TPSA) is 16.4 Å². The average Bonchev–Trinajstić information content (AvgIpc) is 3.55. The van der Waals surface area contributed by atoms with Crippen LogP contribution in [0.2, 0.25) is 0 Å². The fourth-order valence-corrected chi connectivity index (χ4v) is 7.53. The van der Waals surface area contributed by atoms with Crippen molar-refractivity contribution in [3.05, 3.63) is 188 Å². The van der Waals surface area contributed by atoms with Crippen LogP contribution in [0.3, 0.4) is 0 Å². The average molecular weight is 638 g/mol. The Morgan fingerprint density at radius 2 is 0.980 bits per heavy atom. The summed E-state index contributed by atoms with van der Waals surface area (Å²) in [4.78, 5) is 2.40. The fourth-order valence-electron chi connectivity index (χ4n) is 7.53. The molecule has 0 spiro atoms. The third-order valence-electron chi connectivity index (χ3n) is 10.00. The summed E-state index contributed by atoms with van der Waals surface area (Å²) in [5.41, 5.74) is 9.89. The Hall–Kier alpha value is -6.64. The summed E-state index contributed by atoms with van der Waals surface area (Å²) in [6, 6.07) is 67.7. The lowest BCUT2D eigenvalue weighted by atomic mass is 9.94. The van der Waals surface area contributed by atoms with Gasteiger partial charge in [-0.3, -0.25) is 0 Å². The molecule has 234 valence electrons. The molecular weight excluding hydrogens is 607 g/mol. The van der Waals surface area contributed by atoms with E-state index in [0.717, 1.165) is 44.4 Å². The number of hydrogen-bond acceptors (Lipinski definition) is 2. The highest BCUT2D eigenvalue weighted by atomic mass is 16.3. The molecule has 0 fully saturated rings. The van der Waals surface area contributed by atoms with Gasteiger partial charge in [-0.2, -0.15) is 0 Å². The number of para-hydroxylation sites is 2. The summed E-state index contributed by atoms with van der Waals surface area (Å²) in [5.74, 6) is 0. The first-order valence-corrected chi connectivity index (χ1v) is 17.1. The highest BCUT2D eigenvalue weighted by Crippen LogP contribution is 2.44. The van der Waals surface area contributed by atoms with E-state index in [2.05, 4.69) is 181 Å². The van der Waals surface area contributed by atoms with Crippen molar-refractivity contribution in [2.75, 3.05) is 4.90 Å². The van der Waals surface area contributed by atoms with Crippen LogP contribution in [0, 0.1) is 0 Å². The van der Waals surface area contributed by atoms with E-state index in [0.29, 0.717) is 0 Å². The highest BCUT2D eigenvalue weighted by Gasteiger charge is 2.19. The Balaban J connectivity index is 1.20. The van der Waals surface area contributed by atoms with Gasteiger partial charge in [0.25, 0.3) is 0 Å². The number of anilines is 3. The number of rotatable bonds is 5. The van der Waals surface area contributed by atoms with E-state index in [9.17, 15) is 0 Å². The van der Waals surface area contributed by atoms with Gasteiger partial charge in [0.15, 0.2) is 0 Å². The second kappa shape index (κ2) is 11.5. The van der Waals surface area contributed by atoms with Gasteiger partial charge in [-0.05, 0) is 110 Å². The largest absolute Gasteiger partial charge is 0.456 e. The zero-order valence-corrected chi connectivity index (χ0v) is 27.3. The molecule has 2 heteroatoms. The van der Waals surface area contributed by atoms with Gasteiger partial charge < -0.3 is 9.32 Å². The molecule has 50 heavy (non-hydrogen) atoms. The summed E-state index contributed by atoms with van der Waals surface area (Å²) < 4.78 is 6.26. The van der Waals surface area contributed by atoms with E-state index in [1.807, 2.05) is 12.1 Å². The van der Waals surface area contributed by atoms with Crippen molar-refractivity contribution in [1.29, 1.82) is 0 Å². The summed E-state index contributed by atoms with van der Waals surface area (Å²) in [6.45, 7) is 0. The van der Waals surface area contributed by atoms with Crippen molar-refractivity contribution in [2.45, 2.75) is 0 Å². The summed E-state index contributed by atoms with van der Waals surface area (Å²) in [7, 11) is 0. The lowest BCUT2D eigenvalue weighted by Crippen LogP contribution is -2.11. The van der Waals surface area contributed by atoms with Gasteiger partial charge in [0.2, 0.25) is 0 Å². The number of furan rings is 1. The highest BCUT2D eigenvalue weighted by molar-refractivity contribution is 6.17. The van der Waals surface area contributed by atoms with Crippen molar-refractivity contribution < 1.29 is 4.42 Å². The van der Waals surface area contributed by atoms with Gasteiger partial charge in [-0.15, -0.1) is 0 Å². The predicted octanol–water partition coefficient (Wildman–Crippen LogP) is 13.8. The van der Waals surface area contributed by atoms with Crippen LogP contribution < -0.4 is 4.90 Å². The summed E-state index contributed by atoms with van der Waals surface area (Å²) in [6.07, 6.45) is 0. The van der Waals surface area contributed by atoms with E-state index in [1.165, 1.54) is 49.2 Å². The molecule has 10 rings (SSSR count). The fraction of sp³-hybridized carbons (Fsp3) is 0. The molecule has 1 heterocycles. The molecule has 0 atom stereocenters. The standard InChI is InChI=1S/C48H31NO/c1-3-12-33(13-4-1)44-28-37(36-21-19-32-11-7-8-14-35(32)27-36)24-26-46(44)49(39-15-5-2-6-16-39)40-25-23-34-20-22-38-29-48-45(31-43(38)42(34)30-40)41-17-9-10-18-47(41)50-48/h1-31H. The molecule has 0 aliphatic carbocycles. The lowest BCUT2D eigenvalue weighted by molar-refractivity contribution is 0.669. The quantitative estimate of drug-likeness (QED) is 0.175. The van der Waals surface area contributed by atoms with Crippen molar-refractivity contribution >= 4 is 71.3 Å². The Morgan fingerprint density at radius 3 is 1.86 bits per heavy atom. The molecule has 2 nitrogen and oxygen atoms in total. The first-order chi connectivity index (χ1) is 24.8. The van der Waals surface area contributed by atoms with Gasteiger partial charge in [0, 0.05) is 27.7 Å². The molecule has 0 saturated carbocycles. The maximum absolute atomic E-state index is 6.26. The van der Waals surface area contributed by atoms with Crippen LogP contribution in [0.5, 0.6) is 0 Å². The van der Waals surface area contributed by atoms with E-state index in [4.69, 9.17) is 4.42 Å². The first kappa shape index (κ1) is 28.4. The molecular formula is C48H31NO. The maximum atomic E-state index is 6.26. The molecule has 0 bridgehead atoms. The lowest BCUT2D eigenvalue weighted by Gasteiger charge is -2.29. The van der Waals surface area contributed by atoms with E-state index in [-0.39, 0.29) is 0 Å². The minimum absolute atomic E-state index is 0.915. The van der Waals surface area contributed by atoms with Crippen LogP contribution in [0.1, 0.15) is 0 Å². The predicted molar refractivity (Wildman–Crippen MR) is 212 cm³/mol. The monoisotopic (exact) mass is 637 g/mol. The number of fused-ring (bicyclic) bond motifs is 7. The van der Waals surface area contributed by atoms with Gasteiger partial charge in [0.1, 0.15) is 11.2 Å². The van der Waals surface area contributed by atoms with Crippen LogP contribution >= 0.6 is 0 Å². The molecule has 10 aromatic rings. The molecule has 0 amide bonds. The second-order valence-electron chi connectivity index (χ2n) is 13.0. The smallest absolute Gasteiger partial charge is 0.136 e. The SMILES string of the molecule is c1ccc(-c2cc(-c3ccc4ccccc4c3)ccc2N(c2ccccc2)c2ccc3ccc4cc5oc6ccccc6c5cc4c3c2)cc1. The molecule has 1 aromatic heterocycles. The normalized spacial score (nSPS) is 11.6. The van der Waals surface area contributed by atoms with Gasteiger partial charge >= 0.3 is 0 Å².